The summed E-state index contributed by atoms with van der Waals surface area (Å²) in [5.74, 6) is 0.501. The zero-order chi connectivity index (χ0) is 21.0. The van der Waals surface area contributed by atoms with Gasteiger partial charge < -0.3 is 4.74 Å². The fourth-order valence-electron chi connectivity index (χ4n) is 3.15. The van der Waals surface area contributed by atoms with Crippen LogP contribution in [0.15, 0.2) is 29.2 Å². The van der Waals surface area contributed by atoms with Gasteiger partial charge in [0.1, 0.15) is 11.3 Å². The van der Waals surface area contributed by atoms with Gasteiger partial charge in [0.2, 0.25) is 5.28 Å². The molecule has 29 heavy (non-hydrogen) atoms. The molecule has 0 N–H and O–H groups in total. The molecule has 0 aliphatic heterocycles. The van der Waals surface area contributed by atoms with Crippen LogP contribution >= 0.6 is 11.6 Å². The molecule has 10 heteroatoms. The summed E-state index contributed by atoms with van der Waals surface area (Å²) in [4.78, 5) is 31.0. The number of halogens is 1. The summed E-state index contributed by atoms with van der Waals surface area (Å²) in [5, 5.41) is 11.1. The van der Waals surface area contributed by atoms with Gasteiger partial charge in [-0.15, -0.1) is 0 Å². The number of fused-ring (bicyclic) bond motifs is 1. The summed E-state index contributed by atoms with van der Waals surface area (Å²) in [7, 11) is 1.69. The molecule has 0 amide bonds. The highest BCUT2D eigenvalue weighted by molar-refractivity contribution is 6.28. The molecule has 0 bridgehead atoms. The summed E-state index contributed by atoms with van der Waals surface area (Å²) in [6, 6.07) is 4.88. The van der Waals surface area contributed by atoms with Gasteiger partial charge in [-0.3, -0.25) is 19.2 Å². The first-order valence-electron chi connectivity index (χ1n) is 9.34. The van der Waals surface area contributed by atoms with Crippen LogP contribution in [0, 0.1) is 17.0 Å². The van der Waals surface area contributed by atoms with Crippen molar-refractivity contribution in [1.82, 2.24) is 19.1 Å². The SMILES string of the molecule is Cc1ccc(OCCCCCCn2c(=O)n(C)c3cnc(Cl)nc32)cc1[N+](=O)[O-]. The van der Waals surface area contributed by atoms with Gasteiger partial charge in [-0.2, -0.15) is 4.98 Å². The molecule has 0 saturated heterocycles. The van der Waals surface area contributed by atoms with Crippen molar-refractivity contribution in [1.29, 1.82) is 0 Å². The largest absolute Gasteiger partial charge is 0.493 e. The Balaban J connectivity index is 1.45. The third kappa shape index (κ3) is 4.73. The maximum Gasteiger partial charge on any atom is 0.330 e. The minimum absolute atomic E-state index is 0.0620. The van der Waals surface area contributed by atoms with Crippen LogP contribution in [0.4, 0.5) is 5.69 Å². The van der Waals surface area contributed by atoms with Crippen molar-refractivity contribution in [3.63, 3.8) is 0 Å². The predicted molar refractivity (Wildman–Crippen MR) is 110 cm³/mol. The molecular formula is C19H22ClN5O4. The van der Waals surface area contributed by atoms with Crippen LogP contribution in [0.3, 0.4) is 0 Å². The smallest absolute Gasteiger partial charge is 0.330 e. The molecule has 2 aromatic heterocycles. The fraction of sp³-hybridized carbons (Fsp3) is 0.421. The van der Waals surface area contributed by atoms with Gasteiger partial charge in [0.05, 0.1) is 23.8 Å². The Labute approximate surface area is 172 Å². The topological polar surface area (TPSA) is 105 Å². The molecule has 0 aliphatic rings. The maximum absolute atomic E-state index is 12.4. The first-order chi connectivity index (χ1) is 13.9. The molecule has 0 spiro atoms. The number of aromatic nitrogens is 4. The molecule has 0 unspecified atom stereocenters. The number of benzene rings is 1. The summed E-state index contributed by atoms with van der Waals surface area (Å²) in [5.41, 5.74) is 1.73. The molecule has 3 rings (SSSR count). The number of aryl methyl sites for hydroxylation is 3. The molecule has 2 heterocycles. The third-order valence-corrected chi connectivity index (χ3v) is 4.96. The highest BCUT2D eigenvalue weighted by Crippen LogP contribution is 2.24. The van der Waals surface area contributed by atoms with E-state index < -0.39 is 4.92 Å². The van der Waals surface area contributed by atoms with E-state index in [2.05, 4.69) is 9.97 Å². The van der Waals surface area contributed by atoms with E-state index in [1.54, 1.807) is 36.9 Å². The van der Waals surface area contributed by atoms with Crippen molar-refractivity contribution in [3.8, 4) is 5.75 Å². The van der Waals surface area contributed by atoms with Crippen molar-refractivity contribution >= 4 is 28.5 Å². The lowest BCUT2D eigenvalue weighted by Crippen LogP contribution is -2.22. The van der Waals surface area contributed by atoms with Crippen molar-refractivity contribution in [2.45, 2.75) is 39.2 Å². The van der Waals surface area contributed by atoms with E-state index in [1.165, 1.54) is 10.6 Å². The number of unbranched alkanes of at least 4 members (excludes halogenated alkanes) is 3. The van der Waals surface area contributed by atoms with Crippen LogP contribution in [0.2, 0.25) is 5.28 Å². The Morgan fingerprint density at radius 1 is 1.24 bits per heavy atom. The van der Waals surface area contributed by atoms with Gasteiger partial charge in [0.25, 0.3) is 5.69 Å². The minimum atomic E-state index is -0.407. The average Bonchev–Trinajstić information content (AvgIpc) is 2.92. The molecular weight excluding hydrogens is 398 g/mol. The third-order valence-electron chi connectivity index (χ3n) is 4.78. The molecule has 3 aromatic rings. The Morgan fingerprint density at radius 2 is 2.00 bits per heavy atom. The predicted octanol–water partition coefficient (Wildman–Crippen LogP) is 3.64. The Morgan fingerprint density at radius 3 is 2.76 bits per heavy atom. The van der Waals surface area contributed by atoms with E-state index in [4.69, 9.17) is 16.3 Å². The summed E-state index contributed by atoms with van der Waals surface area (Å²) >= 11 is 5.86. The zero-order valence-electron chi connectivity index (χ0n) is 16.3. The first-order valence-corrected chi connectivity index (χ1v) is 9.72. The zero-order valence-corrected chi connectivity index (χ0v) is 17.1. The number of nitro groups is 1. The number of hydrogen-bond donors (Lipinski definition) is 0. The van der Waals surface area contributed by atoms with Crippen molar-refractivity contribution in [3.05, 3.63) is 55.8 Å². The van der Waals surface area contributed by atoms with Crippen molar-refractivity contribution < 1.29 is 9.66 Å². The summed E-state index contributed by atoms with van der Waals surface area (Å²) in [6.07, 6.45) is 5.02. The van der Waals surface area contributed by atoms with Crippen molar-refractivity contribution in [2.24, 2.45) is 7.05 Å². The van der Waals surface area contributed by atoms with Crippen molar-refractivity contribution in [2.75, 3.05) is 6.61 Å². The minimum Gasteiger partial charge on any atom is -0.493 e. The summed E-state index contributed by atoms with van der Waals surface area (Å²) in [6.45, 7) is 2.73. The number of ether oxygens (including phenoxy) is 1. The number of rotatable bonds is 9. The van der Waals surface area contributed by atoms with Gasteiger partial charge >= 0.3 is 5.69 Å². The molecule has 0 aliphatic carbocycles. The lowest BCUT2D eigenvalue weighted by Gasteiger charge is -2.07. The highest BCUT2D eigenvalue weighted by Gasteiger charge is 2.13. The van der Waals surface area contributed by atoms with Gasteiger partial charge in [-0.1, -0.05) is 12.8 Å². The first kappa shape index (κ1) is 20.8. The highest BCUT2D eigenvalue weighted by atomic mass is 35.5. The van der Waals surface area contributed by atoms with E-state index >= 15 is 0 Å². The van der Waals surface area contributed by atoms with Crippen LogP contribution < -0.4 is 10.4 Å². The van der Waals surface area contributed by atoms with E-state index in [0.29, 0.717) is 35.6 Å². The fourth-order valence-corrected chi connectivity index (χ4v) is 3.28. The standard InChI is InChI=1S/C19H22ClN5O4/c1-13-7-8-14(11-15(13)25(27)28)29-10-6-4-3-5-9-24-17-16(23(2)19(24)26)12-21-18(20)22-17/h7-8,11-12H,3-6,9-10H2,1-2H3. The lowest BCUT2D eigenvalue weighted by atomic mass is 10.2. The Kier molecular flexibility index (Phi) is 6.48. The van der Waals surface area contributed by atoms with Crippen LogP contribution in [0.5, 0.6) is 5.75 Å². The molecule has 0 saturated carbocycles. The van der Waals surface area contributed by atoms with Crippen LogP contribution in [0.25, 0.3) is 11.2 Å². The van der Waals surface area contributed by atoms with Gasteiger partial charge in [-0.25, -0.2) is 9.78 Å². The Bertz CT molecular complexity index is 1090. The number of hydrogen-bond acceptors (Lipinski definition) is 6. The monoisotopic (exact) mass is 419 g/mol. The summed E-state index contributed by atoms with van der Waals surface area (Å²) < 4.78 is 8.75. The normalized spacial score (nSPS) is 11.1. The molecule has 9 nitrogen and oxygen atoms in total. The molecule has 0 atom stereocenters. The second kappa shape index (κ2) is 9.04. The molecule has 1 aromatic carbocycles. The van der Waals surface area contributed by atoms with E-state index in [1.807, 2.05) is 0 Å². The van der Waals surface area contributed by atoms with E-state index in [0.717, 1.165) is 25.7 Å². The van der Waals surface area contributed by atoms with Crippen LogP contribution in [-0.4, -0.2) is 30.6 Å². The van der Waals surface area contributed by atoms with Gasteiger partial charge in [0.15, 0.2) is 5.65 Å². The van der Waals surface area contributed by atoms with Crippen LogP contribution in [-0.2, 0) is 13.6 Å². The number of nitro benzene ring substituents is 1. The van der Waals surface area contributed by atoms with Gasteiger partial charge in [0, 0.05) is 19.2 Å². The number of imidazole rings is 1. The van der Waals surface area contributed by atoms with Gasteiger partial charge in [-0.05, 0) is 43.5 Å². The lowest BCUT2D eigenvalue weighted by molar-refractivity contribution is -0.385. The second-order valence-corrected chi connectivity index (χ2v) is 7.15. The quantitative estimate of drug-likeness (QED) is 0.227. The van der Waals surface area contributed by atoms with E-state index in [9.17, 15) is 14.9 Å². The average molecular weight is 420 g/mol. The Hall–Kier alpha value is -2.94. The molecule has 0 fully saturated rings. The molecule has 0 radical (unpaired) electrons. The number of nitrogens with zero attached hydrogens (tertiary/aromatic N) is 5. The maximum atomic E-state index is 12.4. The van der Waals surface area contributed by atoms with E-state index in [-0.39, 0.29) is 16.7 Å². The molecule has 154 valence electrons. The van der Waals surface area contributed by atoms with Crippen LogP contribution in [0.1, 0.15) is 31.2 Å². The second-order valence-electron chi connectivity index (χ2n) is 6.81.